The fourth-order valence-electron chi connectivity index (χ4n) is 1.84. The molecular weight excluding hydrogens is 186 g/mol. The molecular formula is C13H15NO. The average Bonchev–Trinajstić information content (AvgIpc) is 2.32. The zero-order valence-electron chi connectivity index (χ0n) is 9.32. The summed E-state index contributed by atoms with van der Waals surface area (Å²) in [6.07, 6.45) is 3.99. The van der Waals surface area contributed by atoms with Gasteiger partial charge in [0.25, 0.3) is 0 Å². The monoisotopic (exact) mass is 201 g/mol. The van der Waals surface area contributed by atoms with E-state index in [4.69, 9.17) is 0 Å². The average molecular weight is 201 g/mol. The van der Waals surface area contributed by atoms with Crippen molar-refractivity contribution >= 4 is 17.7 Å². The Balaban J connectivity index is 2.57. The van der Waals surface area contributed by atoms with Gasteiger partial charge in [-0.25, -0.2) is 0 Å². The van der Waals surface area contributed by atoms with Gasteiger partial charge >= 0.3 is 0 Å². The summed E-state index contributed by atoms with van der Waals surface area (Å²) in [5.41, 5.74) is 3.29. The van der Waals surface area contributed by atoms with Crippen molar-refractivity contribution in [1.82, 2.24) is 0 Å². The normalized spacial score (nSPS) is 20.1. The van der Waals surface area contributed by atoms with E-state index in [9.17, 15) is 4.79 Å². The van der Waals surface area contributed by atoms with Crippen LogP contribution in [0.4, 0.5) is 5.69 Å². The van der Waals surface area contributed by atoms with Gasteiger partial charge in [-0.1, -0.05) is 31.2 Å². The molecule has 1 atom stereocenters. The van der Waals surface area contributed by atoms with Gasteiger partial charge in [-0.2, -0.15) is 0 Å². The predicted octanol–water partition coefficient (Wildman–Crippen LogP) is 2.62. The van der Waals surface area contributed by atoms with Gasteiger partial charge in [0, 0.05) is 7.05 Å². The quantitative estimate of drug-likeness (QED) is 0.632. The number of hydrogen-bond donors (Lipinski definition) is 0. The second-order valence-corrected chi connectivity index (χ2v) is 4.11. The second kappa shape index (κ2) is 3.54. The minimum Gasteiger partial charge on any atom is -0.314 e. The zero-order valence-corrected chi connectivity index (χ0v) is 9.32. The van der Waals surface area contributed by atoms with E-state index in [-0.39, 0.29) is 11.8 Å². The molecule has 78 valence electrons. The number of fused-ring (bicyclic) bond motifs is 1. The van der Waals surface area contributed by atoms with Gasteiger partial charge in [-0.15, -0.1) is 0 Å². The van der Waals surface area contributed by atoms with E-state index < -0.39 is 0 Å². The van der Waals surface area contributed by atoms with Gasteiger partial charge in [0.15, 0.2) is 0 Å². The summed E-state index contributed by atoms with van der Waals surface area (Å²) in [5, 5.41) is 0. The summed E-state index contributed by atoms with van der Waals surface area (Å²) >= 11 is 0. The number of benzene rings is 1. The van der Waals surface area contributed by atoms with Gasteiger partial charge in [0.2, 0.25) is 5.91 Å². The Kier molecular flexibility index (Phi) is 2.35. The third-order valence-electron chi connectivity index (χ3n) is 2.83. The highest BCUT2D eigenvalue weighted by atomic mass is 16.2. The van der Waals surface area contributed by atoms with Crippen molar-refractivity contribution in [3.63, 3.8) is 0 Å². The summed E-state index contributed by atoms with van der Waals surface area (Å²) in [6.45, 7) is 3.96. The first kappa shape index (κ1) is 9.97. The number of carbonyl (C=O) groups is 1. The molecule has 0 spiro atoms. The molecule has 1 aromatic rings. The highest BCUT2D eigenvalue weighted by molar-refractivity contribution is 5.99. The summed E-state index contributed by atoms with van der Waals surface area (Å²) < 4.78 is 0. The lowest BCUT2D eigenvalue weighted by atomic mass is 10.1. The van der Waals surface area contributed by atoms with E-state index in [1.54, 1.807) is 4.90 Å². The third-order valence-corrected chi connectivity index (χ3v) is 2.83. The molecule has 1 unspecified atom stereocenters. The molecule has 0 bridgehead atoms. The largest absolute Gasteiger partial charge is 0.314 e. The van der Waals surface area contributed by atoms with Crippen molar-refractivity contribution in [3.8, 4) is 0 Å². The Hall–Kier alpha value is -1.57. The molecule has 0 aliphatic carbocycles. The van der Waals surface area contributed by atoms with Gasteiger partial charge in [-0.05, 0) is 24.1 Å². The van der Waals surface area contributed by atoms with Crippen molar-refractivity contribution in [3.05, 3.63) is 35.4 Å². The molecule has 2 nitrogen and oxygen atoms in total. The number of aryl methyl sites for hydroxylation is 1. The van der Waals surface area contributed by atoms with Crippen LogP contribution in [0.2, 0.25) is 0 Å². The van der Waals surface area contributed by atoms with Crippen LogP contribution in [0.1, 0.15) is 18.1 Å². The standard InChI is InChI=1S/C13H15NO/c1-9-4-6-11-7-5-10(2)13(15)14(3)12(11)8-9/h4-8,10H,1-3H3. The number of nitrogens with zero attached hydrogens (tertiary/aromatic N) is 1. The molecule has 0 N–H and O–H groups in total. The van der Waals surface area contributed by atoms with Crippen LogP contribution in [0.5, 0.6) is 0 Å². The zero-order chi connectivity index (χ0) is 11.0. The van der Waals surface area contributed by atoms with Gasteiger partial charge in [0.05, 0.1) is 11.6 Å². The molecule has 1 aromatic carbocycles. The summed E-state index contributed by atoms with van der Waals surface area (Å²) in [7, 11) is 1.84. The lowest BCUT2D eigenvalue weighted by Crippen LogP contribution is -2.30. The molecule has 0 aromatic heterocycles. The smallest absolute Gasteiger partial charge is 0.233 e. The van der Waals surface area contributed by atoms with Crippen LogP contribution in [-0.4, -0.2) is 13.0 Å². The number of hydrogen-bond acceptors (Lipinski definition) is 1. The van der Waals surface area contributed by atoms with E-state index in [1.165, 1.54) is 5.56 Å². The Morgan fingerprint density at radius 2 is 2.07 bits per heavy atom. The van der Waals surface area contributed by atoms with E-state index >= 15 is 0 Å². The van der Waals surface area contributed by atoms with Crippen LogP contribution in [0.25, 0.3) is 6.08 Å². The summed E-state index contributed by atoms with van der Waals surface area (Å²) in [6, 6.07) is 6.18. The third kappa shape index (κ3) is 1.67. The molecule has 2 rings (SSSR count). The van der Waals surface area contributed by atoms with Crippen molar-refractivity contribution < 1.29 is 4.79 Å². The number of carbonyl (C=O) groups excluding carboxylic acids is 1. The van der Waals surface area contributed by atoms with Crippen molar-refractivity contribution in [1.29, 1.82) is 0 Å². The topological polar surface area (TPSA) is 20.3 Å². The second-order valence-electron chi connectivity index (χ2n) is 4.11. The molecule has 2 heteroatoms. The molecule has 0 fully saturated rings. The van der Waals surface area contributed by atoms with E-state index in [1.807, 2.05) is 33.0 Å². The van der Waals surface area contributed by atoms with E-state index in [0.29, 0.717) is 0 Å². The molecule has 1 amide bonds. The SMILES string of the molecule is Cc1ccc2c(c1)N(C)C(=O)C(C)C=C2. The van der Waals surface area contributed by atoms with Gasteiger partial charge in [-0.3, -0.25) is 4.79 Å². The number of amides is 1. The van der Waals surface area contributed by atoms with Crippen molar-refractivity contribution in [2.24, 2.45) is 5.92 Å². The summed E-state index contributed by atoms with van der Waals surface area (Å²) in [4.78, 5) is 13.6. The van der Waals surface area contributed by atoms with Crippen LogP contribution < -0.4 is 4.90 Å². The highest BCUT2D eigenvalue weighted by Crippen LogP contribution is 2.27. The van der Waals surface area contributed by atoms with Crippen LogP contribution in [0.15, 0.2) is 24.3 Å². The lowest BCUT2D eigenvalue weighted by Gasteiger charge is -2.19. The van der Waals surface area contributed by atoms with Crippen LogP contribution in [-0.2, 0) is 4.79 Å². The maximum Gasteiger partial charge on any atom is 0.233 e. The van der Waals surface area contributed by atoms with Gasteiger partial charge < -0.3 is 4.90 Å². The molecule has 0 saturated carbocycles. The first-order valence-corrected chi connectivity index (χ1v) is 5.16. The fraction of sp³-hybridized carbons (Fsp3) is 0.308. The lowest BCUT2D eigenvalue weighted by molar-refractivity contribution is -0.120. The first-order chi connectivity index (χ1) is 7.09. The maximum atomic E-state index is 11.9. The minimum absolute atomic E-state index is 0.0392. The molecule has 1 aliphatic heterocycles. The van der Waals surface area contributed by atoms with Crippen LogP contribution in [0, 0.1) is 12.8 Å². The Morgan fingerprint density at radius 1 is 1.33 bits per heavy atom. The van der Waals surface area contributed by atoms with Crippen molar-refractivity contribution in [2.75, 3.05) is 11.9 Å². The Morgan fingerprint density at radius 3 is 2.80 bits per heavy atom. The van der Waals surface area contributed by atoms with Crippen LogP contribution in [0.3, 0.4) is 0 Å². The molecule has 15 heavy (non-hydrogen) atoms. The van der Waals surface area contributed by atoms with E-state index in [0.717, 1.165) is 11.3 Å². The van der Waals surface area contributed by atoms with Crippen LogP contribution >= 0.6 is 0 Å². The minimum atomic E-state index is -0.0392. The highest BCUT2D eigenvalue weighted by Gasteiger charge is 2.20. The maximum absolute atomic E-state index is 11.9. The first-order valence-electron chi connectivity index (χ1n) is 5.16. The number of anilines is 1. The fourth-order valence-corrected chi connectivity index (χ4v) is 1.84. The summed E-state index contributed by atoms with van der Waals surface area (Å²) in [5.74, 6) is 0.110. The Bertz CT molecular complexity index is 434. The number of rotatable bonds is 0. The Labute approximate surface area is 90.2 Å². The molecule has 1 heterocycles. The molecule has 0 radical (unpaired) electrons. The van der Waals surface area contributed by atoms with E-state index in [2.05, 4.69) is 18.2 Å². The molecule has 0 saturated heterocycles. The molecule has 1 aliphatic rings. The van der Waals surface area contributed by atoms with Gasteiger partial charge in [0.1, 0.15) is 0 Å². The van der Waals surface area contributed by atoms with Crippen molar-refractivity contribution in [2.45, 2.75) is 13.8 Å². The predicted molar refractivity (Wildman–Crippen MR) is 62.8 cm³/mol.